The Morgan fingerprint density at radius 2 is 2.22 bits per heavy atom. The zero-order chi connectivity index (χ0) is 13.7. The molecule has 0 aliphatic rings. The van der Waals surface area contributed by atoms with E-state index < -0.39 is 0 Å². The molecule has 18 heavy (non-hydrogen) atoms. The lowest BCUT2D eigenvalue weighted by Gasteiger charge is -2.21. The van der Waals surface area contributed by atoms with Crippen LogP contribution in [-0.4, -0.2) is 30.5 Å². The second-order valence-electron chi connectivity index (χ2n) is 4.14. The number of halogens is 1. The van der Waals surface area contributed by atoms with Crippen molar-refractivity contribution in [3.05, 3.63) is 28.8 Å². The molecule has 0 aromatic heterocycles. The first kappa shape index (κ1) is 14.3. The van der Waals surface area contributed by atoms with Crippen molar-refractivity contribution in [1.29, 1.82) is 5.26 Å². The SMILES string of the molecule is CC(C)N(C)C(=O)COc1cc(Cl)ccc1C#N. The Morgan fingerprint density at radius 1 is 1.56 bits per heavy atom. The summed E-state index contributed by atoms with van der Waals surface area (Å²) in [5.74, 6) is 0.185. The molecule has 0 saturated carbocycles. The van der Waals surface area contributed by atoms with E-state index in [1.165, 1.54) is 6.07 Å². The highest BCUT2D eigenvalue weighted by Gasteiger charge is 2.13. The Bertz CT molecular complexity index is 480. The Balaban J connectivity index is 2.72. The number of benzene rings is 1. The second kappa shape index (κ2) is 6.27. The molecule has 0 spiro atoms. The molecule has 5 heteroatoms. The summed E-state index contributed by atoms with van der Waals surface area (Å²) in [7, 11) is 1.71. The number of likely N-dealkylation sites (N-methyl/N-ethyl adjacent to an activating group) is 1. The number of hydrogen-bond acceptors (Lipinski definition) is 3. The highest BCUT2D eigenvalue weighted by atomic mass is 35.5. The number of carbonyl (C=O) groups excluding carboxylic acids is 1. The summed E-state index contributed by atoms with van der Waals surface area (Å²) >= 11 is 5.82. The average molecular weight is 267 g/mol. The molecule has 0 heterocycles. The van der Waals surface area contributed by atoms with Gasteiger partial charge in [-0.15, -0.1) is 0 Å². The highest BCUT2D eigenvalue weighted by Crippen LogP contribution is 2.22. The first-order chi connectivity index (χ1) is 8.45. The van der Waals surface area contributed by atoms with Crippen LogP contribution in [0.1, 0.15) is 19.4 Å². The van der Waals surface area contributed by atoms with Crippen molar-refractivity contribution >= 4 is 17.5 Å². The van der Waals surface area contributed by atoms with Gasteiger partial charge in [-0.25, -0.2) is 0 Å². The van der Waals surface area contributed by atoms with Gasteiger partial charge in [-0.2, -0.15) is 5.26 Å². The molecular formula is C13H15ClN2O2. The van der Waals surface area contributed by atoms with Gasteiger partial charge in [0.1, 0.15) is 11.8 Å². The van der Waals surface area contributed by atoms with E-state index in [0.717, 1.165) is 0 Å². The van der Waals surface area contributed by atoms with E-state index in [-0.39, 0.29) is 18.6 Å². The minimum absolute atomic E-state index is 0.107. The van der Waals surface area contributed by atoms with Crippen molar-refractivity contribution in [3.63, 3.8) is 0 Å². The molecule has 0 bridgehead atoms. The van der Waals surface area contributed by atoms with Crippen LogP contribution in [0.25, 0.3) is 0 Å². The third-order valence-corrected chi connectivity index (χ3v) is 2.82. The Labute approximate surface area is 112 Å². The van der Waals surface area contributed by atoms with Gasteiger partial charge < -0.3 is 9.64 Å². The van der Waals surface area contributed by atoms with E-state index in [0.29, 0.717) is 16.3 Å². The third-order valence-electron chi connectivity index (χ3n) is 2.58. The van der Waals surface area contributed by atoms with Crippen molar-refractivity contribution in [3.8, 4) is 11.8 Å². The van der Waals surface area contributed by atoms with Crippen molar-refractivity contribution in [2.45, 2.75) is 19.9 Å². The van der Waals surface area contributed by atoms with Gasteiger partial charge >= 0.3 is 0 Å². The maximum atomic E-state index is 11.7. The minimum Gasteiger partial charge on any atom is -0.482 e. The van der Waals surface area contributed by atoms with E-state index >= 15 is 0 Å². The monoisotopic (exact) mass is 266 g/mol. The molecule has 0 aliphatic carbocycles. The van der Waals surface area contributed by atoms with E-state index in [1.54, 1.807) is 24.1 Å². The molecule has 96 valence electrons. The van der Waals surface area contributed by atoms with Gasteiger partial charge in [0.05, 0.1) is 5.56 Å². The summed E-state index contributed by atoms with van der Waals surface area (Å²) < 4.78 is 5.34. The molecule has 0 aliphatic heterocycles. The molecular weight excluding hydrogens is 252 g/mol. The average Bonchev–Trinajstić information content (AvgIpc) is 2.35. The van der Waals surface area contributed by atoms with E-state index in [2.05, 4.69) is 0 Å². The fourth-order valence-electron chi connectivity index (χ4n) is 1.24. The molecule has 0 atom stereocenters. The van der Waals surface area contributed by atoms with Crippen molar-refractivity contribution < 1.29 is 9.53 Å². The highest BCUT2D eigenvalue weighted by molar-refractivity contribution is 6.30. The Hall–Kier alpha value is -1.73. The van der Waals surface area contributed by atoms with Gasteiger partial charge in [-0.1, -0.05) is 11.6 Å². The standard InChI is InChI=1S/C13H15ClN2O2/c1-9(2)16(3)13(17)8-18-12-6-11(14)5-4-10(12)7-15/h4-6,9H,8H2,1-3H3. The zero-order valence-corrected chi connectivity index (χ0v) is 11.4. The molecule has 0 N–H and O–H groups in total. The molecule has 1 aromatic rings. The van der Waals surface area contributed by atoms with Crippen LogP contribution in [0.2, 0.25) is 5.02 Å². The van der Waals surface area contributed by atoms with Gasteiger partial charge in [-0.3, -0.25) is 4.79 Å². The summed E-state index contributed by atoms with van der Waals surface area (Å²) in [6.45, 7) is 3.72. The fourth-order valence-corrected chi connectivity index (χ4v) is 1.40. The summed E-state index contributed by atoms with van der Waals surface area (Å²) in [5, 5.41) is 9.37. The zero-order valence-electron chi connectivity index (χ0n) is 10.6. The largest absolute Gasteiger partial charge is 0.482 e. The predicted molar refractivity (Wildman–Crippen MR) is 69.6 cm³/mol. The van der Waals surface area contributed by atoms with Gasteiger partial charge in [0.25, 0.3) is 5.91 Å². The van der Waals surface area contributed by atoms with E-state index in [1.807, 2.05) is 19.9 Å². The summed E-state index contributed by atoms with van der Waals surface area (Å²) in [4.78, 5) is 13.3. The van der Waals surface area contributed by atoms with Crippen molar-refractivity contribution in [2.24, 2.45) is 0 Å². The molecule has 0 saturated heterocycles. The number of ether oxygens (including phenoxy) is 1. The quantitative estimate of drug-likeness (QED) is 0.841. The van der Waals surface area contributed by atoms with Gasteiger partial charge in [0.15, 0.2) is 6.61 Å². The lowest BCUT2D eigenvalue weighted by atomic mass is 10.2. The van der Waals surface area contributed by atoms with Crippen LogP contribution in [0.5, 0.6) is 5.75 Å². The Kier molecular flexibility index (Phi) is 4.99. The summed E-state index contributed by atoms with van der Waals surface area (Å²) in [6, 6.07) is 6.80. The van der Waals surface area contributed by atoms with Crippen molar-refractivity contribution in [1.82, 2.24) is 4.90 Å². The summed E-state index contributed by atoms with van der Waals surface area (Å²) in [6.07, 6.45) is 0. The van der Waals surface area contributed by atoms with Crippen LogP contribution < -0.4 is 4.74 Å². The number of carbonyl (C=O) groups is 1. The molecule has 1 aromatic carbocycles. The summed E-state index contributed by atoms with van der Waals surface area (Å²) in [5.41, 5.74) is 0.361. The van der Waals surface area contributed by atoms with Gasteiger partial charge in [0.2, 0.25) is 0 Å². The van der Waals surface area contributed by atoms with Crippen LogP contribution in [0.4, 0.5) is 0 Å². The first-order valence-corrected chi connectivity index (χ1v) is 5.91. The van der Waals surface area contributed by atoms with Crippen LogP contribution >= 0.6 is 11.6 Å². The normalized spacial score (nSPS) is 10.0. The molecule has 1 rings (SSSR count). The molecule has 0 radical (unpaired) electrons. The second-order valence-corrected chi connectivity index (χ2v) is 4.58. The molecule has 0 fully saturated rings. The molecule has 0 unspecified atom stereocenters. The topological polar surface area (TPSA) is 53.3 Å². The third kappa shape index (κ3) is 3.64. The minimum atomic E-state index is -0.145. The first-order valence-electron chi connectivity index (χ1n) is 5.53. The smallest absolute Gasteiger partial charge is 0.260 e. The molecule has 1 amide bonds. The number of nitrogens with zero attached hydrogens (tertiary/aromatic N) is 2. The lowest BCUT2D eigenvalue weighted by Crippen LogP contribution is -2.36. The maximum absolute atomic E-state index is 11.7. The number of hydrogen-bond donors (Lipinski definition) is 0. The van der Waals surface area contributed by atoms with Crippen LogP contribution in [0.3, 0.4) is 0 Å². The van der Waals surface area contributed by atoms with E-state index in [9.17, 15) is 4.79 Å². The molecule has 4 nitrogen and oxygen atoms in total. The number of rotatable bonds is 4. The van der Waals surface area contributed by atoms with E-state index in [4.69, 9.17) is 21.6 Å². The predicted octanol–water partition coefficient (Wildman–Crippen LogP) is 2.46. The maximum Gasteiger partial charge on any atom is 0.260 e. The lowest BCUT2D eigenvalue weighted by molar-refractivity contribution is -0.133. The fraction of sp³-hybridized carbons (Fsp3) is 0.385. The number of nitriles is 1. The van der Waals surface area contributed by atoms with Crippen LogP contribution in [-0.2, 0) is 4.79 Å². The van der Waals surface area contributed by atoms with Crippen LogP contribution in [0.15, 0.2) is 18.2 Å². The van der Waals surface area contributed by atoms with Crippen LogP contribution in [0, 0.1) is 11.3 Å². The number of amides is 1. The Morgan fingerprint density at radius 3 is 2.78 bits per heavy atom. The van der Waals surface area contributed by atoms with Crippen molar-refractivity contribution in [2.75, 3.05) is 13.7 Å². The van der Waals surface area contributed by atoms with Gasteiger partial charge in [-0.05, 0) is 26.0 Å². The van der Waals surface area contributed by atoms with Gasteiger partial charge in [0, 0.05) is 24.2 Å².